The SMILES string of the molecule is COCCNCc1nc(C)nn1C. The van der Waals surface area contributed by atoms with E-state index in [4.69, 9.17) is 4.74 Å². The summed E-state index contributed by atoms with van der Waals surface area (Å²) in [5, 5.41) is 7.35. The Balaban J connectivity index is 2.32. The van der Waals surface area contributed by atoms with Crippen LogP contribution in [0, 0.1) is 6.92 Å². The maximum absolute atomic E-state index is 4.91. The summed E-state index contributed by atoms with van der Waals surface area (Å²) in [6.45, 7) is 4.18. The van der Waals surface area contributed by atoms with E-state index < -0.39 is 0 Å². The maximum Gasteiger partial charge on any atom is 0.147 e. The third-order valence-corrected chi connectivity index (χ3v) is 1.73. The Bertz CT molecular complexity index is 259. The van der Waals surface area contributed by atoms with Gasteiger partial charge in [-0.1, -0.05) is 0 Å². The van der Waals surface area contributed by atoms with Crippen LogP contribution in [-0.4, -0.2) is 35.0 Å². The summed E-state index contributed by atoms with van der Waals surface area (Å²) < 4.78 is 6.70. The summed E-state index contributed by atoms with van der Waals surface area (Å²) in [5.74, 6) is 1.76. The minimum Gasteiger partial charge on any atom is -0.383 e. The second-order valence-corrected chi connectivity index (χ2v) is 2.87. The lowest BCUT2D eigenvalue weighted by atomic mass is 10.5. The molecule has 0 aliphatic rings. The van der Waals surface area contributed by atoms with Gasteiger partial charge in [0, 0.05) is 20.7 Å². The monoisotopic (exact) mass is 184 g/mol. The fraction of sp³-hybridized carbons (Fsp3) is 0.750. The van der Waals surface area contributed by atoms with Crippen LogP contribution in [0.1, 0.15) is 11.6 Å². The molecule has 0 aromatic carbocycles. The Labute approximate surface area is 78.1 Å². The molecule has 1 rings (SSSR count). The zero-order chi connectivity index (χ0) is 9.68. The molecular weight excluding hydrogens is 168 g/mol. The number of nitrogens with one attached hydrogen (secondary N) is 1. The van der Waals surface area contributed by atoms with Gasteiger partial charge >= 0.3 is 0 Å². The van der Waals surface area contributed by atoms with Gasteiger partial charge in [-0.05, 0) is 6.92 Å². The highest BCUT2D eigenvalue weighted by atomic mass is 16.5. The second-order valence-electron chi connectivity index (χ2n) is 2.87. The Hall–Kier alpha value is -0.940. The van der Waals surface area contributed by atoms with Crippen LogP contribution in [0.5, 0.6) is 0 Å². The number of hydrogen-bond acceptors (Lipinski definition) is 4. The largest absolute Gasteiger partial charge is 0.383 e. The van der Waals surface area contributed by atoms with Crippen LogP contribution in [0.2, 0.25) is 0 Å². The molecule has 0 spiro atoms. The fourth-order valence-corrected chi connectivity index (χ4v) is 1.08. The van der Waals surface area contributed by atoms with E-state index in [1.54, 1.807) is 11.8 Å². The number of rotatable bonds is 5. The predicted octanol–water partition coefficient (Wildman–Crippen LogP) is -0.140. The molecule has 1 aromatic rings. The van der Waals surface area contributed by atoms with Gasteiger partial charge in [-0.2, -0.15) is 5.10 Å². The molecule has 1 N–H and O–H groups in total. The van der Waals surface area contributed by atoms with Crippen molar-refractivity contribution in [2.24, 2.45) is 7.05 Å². The van der Waals surface area contributed by atoms with Gasteiger partial charge in [0.2, 0.25) is 0 Å². The summed E-state index contributed by atoms with van der Waals surface area (Å²) >= 11 is 0. The van der Waals surface area contributed by atoms with Gasteiger partial charge in [-0.3, -0.25) is 4.68 Å². The van der Waals surface area contributed by atoms with Gasteiger partial charge in [0.05, 0.1) is 13.2 Å². The van der Waals surface area contributed by atoms with Crippen molar-refractivity contribution in [2.45, 2.75) is 13.5 Å². The lowest BCUT2D eigenvalue weighted by Crippen LogP contribution is -2.20. The summed E-state index contributed by atoms with van der Waals surface area (Å²) in [6, 6.07) is 0. The molecule has 0 aliphatic carbocycles. The van der Waals surface area contributed by atoms with E-state index in [1.807, 2.05) is 14.0 Å². The Kier molecular flexibility index (Phi) is 3.85. The van der Waals surface area contributed by atoms with E-state index in [0.29, 0.717) is 0 Å². The van der Waals surface area contributed by atoms with E-state index in [-0.39, 0.29) is 0 Å². The van der Waals surface area contributed by atoms with Gasteiger partial charge in [-0.15, -0.1) is 0 Å². The molecule has 0 fully saturated rings. The highest BCUT2D eigenvalue weighted by Gasteiger charge is 2.01. The van der Waals surface area contributed by atoms with Crippen molar-refractivity contribution in [1.82, 2.24) is 20.1 Å². The molecule has 5 nitrogen and oxygen atoms in total. The average molecular weight is 184 g/mol. The van der Waals surface area contributed by atoms with Gasteiger partial charge in [-0.25, -0.2) is 4.98 Å². The van der Waals surface area contributed by atoms with Crippen LogP contribution in [0.15, 0.2) is 0 Å². The lowest BCUT2D eigenvalue weighted by Gasteiger charge is -2.02. The first-order chi connectivity index (χ1) is 6.24. The highest BCUT2D eigenvalue weighted by Crippen LogP contribution is 1.93. The smallest absolute Gasteiger partial charge is 0.147 e. The number of hydrogen-bond donors (Lipinski definition) is 1. The first-order valence-electron chi connectivity index (χ1n) is 4.30. The minimum atomic E-state index is 0.719. The van der Waals surface area contributed by atoms with Crippen LogP contribution in [-0.2, 0) is 18.3 Å². The Morgan fingerprint density at radius 2 is 2.31 bits per heavy atom. The van der Waals surface area contributed by atoms with E-state index in [2.05, 4.69) is 15.4 Å². The molecule has 0 atom stereocenters. The molecule has 5 heteroatoms. The Morgan fingerprint density at radius 1 is 1.54 bits per heavy atom. The van der Waals surface area contributed by atoms with Crippen LogP contribution in [0.25, 0.3) is 0 Å². The van der Waals surface area contributed by atoms with Crippen LogP contribution in [0.3, 0.4) is 0 Å². The predicted molar refractivity (Wildman–Crippen MR) is 49.3 cm³/mol. The summed E-state index contributed by atoms with van der Waals surface area (Å²) in [5.41, 5.74) is 0. The summed E-state index contributed by atoms with van der Waals surface area (Å²) in [4.78, 5) is 4.26. The summed E-state index contributed by atoms with van der Waals surface area (Å²) in [6.07, 6.45) is 0. The van der Waals surface area contributed by atoms with E-state index in [0.717, 1.165) is 31.3 Å². The first kappa shape index (κ1) is 10.1. The third kappa shape index (κ3) is 3.12. The second kappa shape index (κ2) is 4.94. The Morgan fingerprint density at radius 3 is 2.85 bits per heavy atom. The van der Waals surface area contributed by atoms with Crippen molar-refractivity contribution in [3.05, 3.63) is 11.6 Å². The molecule has 0 bridgehead atoms. The molecule has 0 saturated carbocycles. The topological polar surface area (TPSA) is 52.0 Å². The molecule has 13 heavy (non-hydrogen) atoms. The maximum atomic E-state index is 4.91. The van der Waals surface area contributed by atoms with Gasteiger partial charge in [0.1, 0.15) is 11.6 Å². The number of nitrogens with zero attached hydrogens (tertiary/aromatic N) is 3. The normalized spacial score (nSPS) is 10.7. The summed E-state index contributed by atoms with van der Waals surface area (Å²) in [7, 11) is 3.58. The van der Waals surface area contributed by atoms with E-state index >= 15 is 0 Å². The van der Waals surface area contributed by atoms with Gasteiger partial charge < -0.3 is 10.1 Å². The van der Waals surface area contributed by atoms with Gasteiger partial charge in [0.15, 0.2) is 0 Å². The molecule has 0 unspecified atom stereocenters. The van der Waals surface area contributed by atoms with Crippen molar-refractivity contribution >= 4 is 0 Å². The van der Waals surface area contributed by atoms with Crippen molar-refractivity contribution in [3.63, 3.8) is 0 Å². The number of methoxy groups -OCH3 is 1. The van der Waals surface area contributed by atoms with Crippen molar-refractivity contribution in [2.75, 3.05) is 20.3 Å². The zero-order valence-electron chi connectivity index (χ0n) is 8.37. The average Bonchev–Trinajstić information content (AvgIpc) is 2.39. The van der Waals surface area contributed by atoms with E-state index in [1.165, 1.54) is 0 Å². The van der Waals surface area contributed by atoms with Crippen LogP contribution >= 0.6 is 0 Å². The number of aromatic nitrogens is 3. The van der Waals surface area contributed by atoms with E-state index in [9.17, 15) is 0 Å². The molecule has 0 saturated heterocycles. The fourth-order valence-electron chi connectivity index (χ4n) is 1.08. The standard InChI is InChI=1S/C8H16N4O/c1-7-10-8(12(2)11-7)6-9-4-5-13-3/h9H,4-6H2,1-3H3. The quantitative estimate of drug-likeness (QED) is 0.647. The van der Waals surface area contributed by atoms with Crippen molar-refractivity contribution in [3.8, 4) is 0 Å². The molecule has 0 aliphatic heterocycles. The third-order valence-electron chi connectivity index (χ3n) is 1.73. The van der Waals surface area contributed by atoms with Crippen LogP contribution in [0.4, 0.5) is 0 Å². The molecule has 0 amide bonds. The number of ether oxygens (including phenoxy) is 1. The molecule has 74 valence electrons. The van der Waals surface area contributed by atoms with Gasteiger partial charge in [0.25, 0.3) is 0 Å². The highest BCUT2D eigenvalue weighted by molar-refractivity contribution is 4.89. The molecular formula is C8H16N4O. The van der Waals surface area contributed by atoms with Crippen molar-refractivity contribution in [1.29, 1.82) is 0 Å². The lowest BCUT2D eigenvalue weighted by molar-refractivity contribution is 0.199. The molecule has 1 heterocycles. The van der Waals surface area contributed by atoms with Crippen molar-refractivity contribution < 1.29 is 4.74 Å². The molecule has 1 aromatic heterocycles. The zero-order valence-corrected chi connectivity index (χ0v) is 8.37. The first-order valence-corrected chi connectivity index (χ1v) is 4.30. The van der Waals surface area contributed by atoms with Crippen LogP contribution < -0.4 is 5.32 Å². The number of aryl methyl sites for hydroxylation is 2. The molecule has 0 radical (unpaired) electrons. The minimum absolute atomic E-state index is 0.719.